The zero-order chi connectivity index (χ0) is 19.0. The smallest absolute Gasteiger partial charge is 0.259 e. The first kappa shape index (κ1) is 17.9. The van der Waals surface area contributed by atoms with E-state index in [1.165, 1.54) is 10.8 Å². The van der Waals surface area contributed by atoms with Crippen LogP contribution in [0.4, 0.5) is 10.1 Å². The van der Waals surface area contributed by atoms with Crippen LogP contribution in [0.3, 0.4) is 0 Å². The van der Waals surface area contributed by atoms with Crippen LogP contribution in [0.5, 0.6) is 5.75 Å². The minimum absolute atomic E-state index is 0.00636. The Morgan fingerprint density at radius 3 is 2.77 bits per heavy atom. The van der Waals surface area contributed by atoms with Crippen molar-refractivity contribution >= 4 is 23.2 Å². The van der Waals surface area contributed by atoms with Gasteiger partial charge in [0, 0.05) is 18.8 Å². The molecule has 8 nitrogen and oxygen atoms in total. The molecule has 0 saturated heterocycles. The Kier molecular flexibility index (Phi) is 4.66. The second-order valence-corrected chi connectivity index (χ2v) is 5.99. The Morgan fingerprint density at radius 1 is 1.46 bits per heavy atom. The van der Waals surface area contributed by atoms with Crippen molar-refractivity contribution in [3.8, 4) is 17.0 Å². The zero-order valence-corrected chi connectivity index (χ0v) is 14.6. The fourth-order valence-corrected chi connectivity index (χ4v) is 2.68. The molecule has 1 amide bonds. The highest BCUT2D eigenvalue weighted by atomic mass is 35.5. The molecular weight excluding hydrogens is 365 g/mol. The molecule has 0 saturated carbocycles. The molecule has 2 heterocycles. The summed E-state index contributed by atoms with van der Waals surface area (Å²) in [4.78, 5) is 16.4. The topological polar surface area (TPSA) is 116 Å². The van der Waals surface area contributed by atoms with Crippen LogP contribution in [0.25, 0.3) is 11.3 Å². The number of aryl methyl sites for hydroxylation is 2. The van der Waals surface area contributed by atoms with Crippen LogP contribution in [0.2, 0.25) is 5.15 Å². The molecule has 136 valence electrons. The molecule has 0 radical (unpaired) electrons. The van der Waals surface area contributed by atoms with Crippen molar-refractivity contribution in [2.45, 2.75) is 13.5 Å². The SMILES string of the molecule is Cc1[nH]nc(Cl)c1NC(=O)c1cc(F)c(-c2cn(C)c(CO)n2)cc1O. The van der Waals surface area contributed by atoms with Gasteiger partial charge in [-0.1, -0.05) is 11.6 Å². The van der Waals surface area contributed by atoms with Crippen LogP contribution < -0.4 is 5.32 Å². The van der Waals surface area contributed by atoms with Crippen LogP contribution >= 0.6 is 11.6 Å². The lowest BCUT2D eigenvalue weighted by atomic mass is 10.1. The van der Waals surface area contributed by atoms with Gasteiger partial charge in [0.25, 0.3) is 5.91 Å². The fraction of sp³-hybridized carbons (Fsp3) is 0.188. The Hall–Kier alpha value is -2.91. The van der Waals surface area contributed by atoms with Crippen molar-refractivity contribution in [3.05, 3.63) is 46.4 Å². The molecule has 26 heavy (non-hydrogen) atoms. The summed E-state index contributed by atoms with van der Waals surface area (Å²) in [5, 5.41) is 28.2. The number of amides is 1. The van der Waals surface area contributed by atoms with Gasteiger partial charge in [-0.15, -0.1) is 0 Å². The molecule has 0 spiro atoms. The van der Waals surface area contributed by atoms with Crippen molar-refractivity contribution in [2.24, 2.45) is 7.05 Å². The number of hydrogen-bond acceptors (Lipinski definition) is 5. The van der Waals surface area contributed by atoms with Gasteiger partial charge in [0.05, 0.1) is 17.0 Å². The maximum atomic E-state index is 14.5. The summed E-state index contributed by atoms with van der Waals surface area (Å²) < 4.78 is 16.0. The second-order valence-electron chi connectivity index (χ2n) is 5.63. The summed E-state index contributed by atoms with van der Waals surface area (Å²) in [7, 11) is 1.65. The number of nitrogens with zero attached hydrogens (tertiary/aromatic N) is 3. The predicted molar refractivity (Wildman–Crippen MR) is 92.5 cm³/mol. The molecule has 0 aliphatic carbocycles. The monoisotopic (exact) mass is 379 g/mol. The van der Waals surface area contributed by atoms with E-state index in [4.69, 9.17) is 11.6 Å². The van der Waals surface area contributed by atoms with E-state index >= 15 is 0 Å². The summed E-state index contributed by atoms with van der Waals surface area (Å²) >= 11 is 5.86. The first-order valence-electron chi connectivity index (χ1n) is 7.49. The number of hydrogen-bond donors (Lipinski definition) is 4. The number of benzene rings is 1. The summed E-state index contributed by atoms with van der Waals surface area (Å²) in [6.07, 6.45) is 1.51. The van der Waals surface area contributed by atoms with E-state index in [0.717, 1.165) is 12.1 Å². The highest BCUT2D eigenvalue weighted by Crippen LogP contribution is 2.30. The van der Waals surface area contributed by atoms with Crippen LogP contribution in [-0.4, -0.2) is 35.9 Å². The minimum Gasteiger partial charge on any atom is -0.507 e. The molecular formula is C16H15ClFN5O3. The summed E-state index contributed by atoms with van der Waals surface area (Å²) in [5.74, 6) is -1.57. The fourth-order valence-electron chi connectivity index (χ4n) is 2.45. The molecule has 2 aromatic heterocycles. The standard InChI is InChI=1S/C16H15ClFN5O3/c1-7-14(15(17)22-21-7)20-16(26)9-3-10(18)8(4-12(9)25)11-5-23(2)13(6-24)19-11/h3-5,24-25H,6H2,1-2H3,(H,20,26)(H,21,22). The van der Waals surface area contributed by atoms with Gasteiger partial charge in [-0.3, -0.25) is 9.89 Å². The quantitative estimate of drug-likeness (QED) is 0.555. The zero-order valence-electron chi connectivity index (χ0n) is 13.8. The average Bonchev–Trinajstić information content (AvgIpc) is 3.13. The number of carbonyl (C=O) groups is 1. The number of rotatable bonds is 4. The van der Waals surface area contributed by atoms with Crippen LogP contribution in [0.1, 0.15) is 21.9 Å². The summed E-state index contributed by atoms with van der Waals surface area (Å²) in [6.45, 7) is 1.34. The molecule has 3 rings (SSSR count). The van der Waals surface area contributed by atoms with Crippen molar-refractivity contribution < 1.29 is 19.4 Å². The van der Waals surface area contributed by atoms with Crippen LogP contribution in [-0.2, 0) is 13.7 Å². The van der Waals surface area contributed by atoms with Gasteiger partial charge in [0.1, 0.15) is 29.7 Å². The number of aromatic amines is 1. The number of phenols is 1. The predicted octanol–water partition coefficient (Wildman–Crippen LogP) is 2.36. The van der Waals surface area contributed by atoms with Crippen LogP contribution in [0, 0.1) is 12.7 Å². The molecule has 0 aliphatic heterocycles. The molecule has 10 heteroatoms. The molecule has 3 aromatic rings. The summed E-state index contributed by atoms with van der Waals surface area (Å²) in [5.41, 5.74) is 0.737. The largest absolute Gasteiger partial charge is 0.507 e. The first-order valence-corrected chi connectivity index (χ1v) is 7.87. The van der Waals surface area contributed by atoms with Gasteiger partial charge in [0.2, 0.25) is 0 Å². The molecule has 0 fully saturated rings. The van der Waals surface area contributed by atoms with Crippen molar-refractivity contribution in [1.29, 1.82) is 0 Å². The van der Waals surface area contributed by atoms with Gasteiger partial charge in [0.15, 0.2) is 5.15 Å². The number of nitrogens with one attached hydrogen (secondary N) is 2. The highest BCUT2D eigenvalue weighted by molar-refractivity contribution is 6.33. The number of aromatic nitrogens is 4. The van der Waals surface area contributed by atoms with E-state index < -0.39 is 17.5 Å². The number of imidazole rings is 1. The second kappa shape index (κ2) is 6.77. The number of halogens is 2. The third-order valence-electron chi connectivity index (χ3n) is 3.86. The number of H-pyrrole nitrogens is 1. The molecule has 4 N–H and O–H groups in total. The number of aromatic hydroxyl groups is 1. The van der Waals surface area contributed by atoms with E-state index in [0.29, 0.717) is 11.5 Å². The van der Waals surface area contributed by atoms with Crippen molar-refractivity contribution in [1.82, 2.24) is 19.7 Å². The van der Waals surface area contributed by atoms with Crippen LogP contribution in [0.15, 0.2) is 18.3 Å². The minimum atomic E-state index is -0.745. The molecule has 0 aliphatic rings. The van der Waals surface area contributed by atoms with Crippen molar-refractivity contribution in [2.75, 3.05) is 5.32 Å². The molecule has 0 atom stereocenters. The lowest BCUT2D eigenvalue weighted by molar-refractivity contribution is 0.102. The van der Waals surface area contributed by atoms with E-state index in [2.05, 4.69) is 20.5 Å². The third-order valence-corrected chi connectivity index (χ3v) is 4.14. The Labute approximate surface area is 152 Å². The lowest BCUT2D eigenvalue weighted by Crippen LogP contribution is -2.13. The average molecular weight is 380 g/mol. The van der Waals surface area contributed by atoms with Gasteiger partial charge < -0.3 is 20.1 Å². The maximum Gasteiger partial charge on any atom is 0.259 e. The number of aliphatic hydroxyl groups excluding tert-OH is 1. The molecule has 0 bridgehead atoms. The van der Waals surface area contributed by atoms with Gasteiger partial charge in [-0.25, -0.2) is 9.37 Å². The normalized spacial score (nSPS) is 11.0. The number of carbonyl (C=O) groups excluding carboxylic acids is 1. The van der Waals surface area contributed by atoms with E-state index in [1.807, 2.05) is 0 Å². The number of aliphatic hydroxyl groups is 1. The van der Waals surface area contributed by atoms with E-state index in [-0.39, 0.29) is 34.3 Å². The maximum absolute atomic E-state index is 14.5. The highest BCUT2D eigenvalue weighted by Gasteiger charge is 2.20. The van der Waals surface area contributed by atoms with Gasteiger partial charge in [-0.2, -0.15) is 5.10 Å². The summed E-state index contributed by atoms with van der Waals surface area (Å²) in [6, 6.07) is 2.02. The van der Waals surface area contributed by atoms with Gasteiger partial charge in [-0.05, 0) is 19.1 Å². The number of anilines is 1. The van der Waals surface area contributed by atoms with E-state index in [9.17, 15) is 19.4 Å². The Morgan fingerprint density at radius 2 is 2.19 bits per heavy atom. The third kappa shape index (κ3) is 3.14. The van der Waals surface area contributed by atoms with Crippen molar-refractivity contribution in [3.63, 3.8) is 0 Å². The molecule has 1 aromatic carbocycles. The molecule has 0 unspecified atom stereocenters. The van der Waals surface area contributed by atoms with E-state index in [1.54, 1.807) is 14.0 Å². The lowest BCUT2D eigenvalue weighted by Gasteiger charge is -2.09. The Balaban J connectivity index is 1.95. The first-order chi connectivity index (χ1) is 12.3. The Bertz CT molecular complexity index is 979. The van der Waals surface area contributed by atoms with Gasteiger partial charge >= 0.3 is 0 Å². The number of phenolic OH excluding ortho intramolecular Hbond substituents is 1.